The van der Waals surface area contributed by atoms with E-state index in [-0.39, 0.29) is 6.04 Å². The Morgan fingerprint density at radius 1 is 1.67 bits per heavy atom. The summed E-state index contributed by atoms with van der Waals surface area (Å²) in [6, 6.07) is 2.26. The Balaban J connectivity index is 2.37. The van der Waals surface area contributed by atoms with Crippen LogP contribution in [0.3, 0.4) is 0 Å². The van der Waals surface area contributed by atoms with E-state index in [2.05, 4.69) is 15.5 Å². The lowest BCUT2D eigenvalue weighted by Crippen LogP contribution is -2.35. The molecule has 1 unspecified atom stereocenters. The van der Waals surface area contributed by atoms with Gasteiger partial charge in [-0.2, -0.15) is 10.2 Å². The van der Waals surface area contributed by atoms with E-state index in [1.807, 2.05) is 6.07 Å². The largest absolute Gasteiger partial charge is 0.329 e. The maximum atomic E-state index is 5.61. The molecule has 2 heterocycles. The highest BCUT2D eigenvalue weighted by Gasteiger charge is 2.18. The number of hydrogen-bond donors (Lipinski definition) is 2. The van der Waals surface area contributed by atoms with Crippen LogP contribution >= 0.6 is 0 Å². The van der Waals surface area contributed by atoms with Gasteiger partial charge in [0.25, 0.3) is 0 Å². The number of rotatable bonds is 1. The van der Waals surface area contributed by atoms with E-state index in [1.54, 1.807) is 6.20 Å². The molecule has 64 valence electrons. The highest BCUT2D eigenvalue weighted by molar-refractivity contribution is 5.24. The zero-order valence-electron chi connectivity index (χ0n) is 6.83. The van der Waals surface area contributed by atoms with Crippen LogP contribution in [0.1, 0.15) is 17.3 Å². The quantitative estimate of drug-likeness (QED) is 0.594. The van der Waals surface area contributed by atoms with Crippen LogP contribution in [0.4, 0.5) is 0 Å². The molecule has 2 rings (SSSR count). The van der Waals surface area contributed by atoms with E-state index in [9.17, 15) is 0 Å². The van der Waals surface area contributed by atoms with Gasteiger partial charge in [0.15, 0.2) is 0 Å². The predicted molar refractivity (Wildman–Crippen MR) is 45.5 cm³/mol. The van der Waals surface area contributed by atoms with Crippen molar-refractivity contribution in [3.8, 4) is 0 Å². The Kier molecular flexibility index (Phi) is 2.01. The molecule has 4 nitrogen and oxygen atoms in total. The van der Waals surface area contributed by atoms with Crippen molar-refractivity contribution >= 4 is 0 Å². The molecule has 12 heavy (non-hydrogen) atoms. The summed E-state index contributed by atoms with van der Waals surface area (Å²) in [4.78, 5) is 0. The second-order valence-corrected chi connectivity index (χ2v) is 2.93. The summed E-state index contributed by atoms with van der Waals surface area (Å²) >= 11 is 0. The number of aromatic nitrogens is 2. The van der Waals surface area contributed by atoms with Crippen molar-refractivity contribution in [1.82, 2.24) is 15.5 Å². The number of nitrogens with zero attached hydrogens (tertiary/aromatic N) is 2. The Bertz CT molecular complexity index is 274. The molecule has 4 heteroatoms. The smallest absolute Gasteiger partial charge is 0.0691 e. The van der Waals surface area contributed by atoms with Gasteiger partial charge in [0.1, 0.15) is 0 Å². The molecular weight excluding hydrogens is 152 g/mol. The minimum Gasteiger partial charge on any atom is -0.329 e. The molecule has 1 atom stereocenters. The first-order chi connectivity index (χ1) is 5.92. The molecule has 0 fully saturated rings. The van der Waals surface area contributed by atoms with Crippen LogP contribution in [0.25, 0.3) is 0 Å². The standard InChI is InChI=1S/C8H12N4/c9-5-8-6-1-4-11-12-7(6)2-3-10-8/h1,4,8,10H,2-3,5,9H2. The topological polar surface area (TPSA) is 63.8 Å². The van der Waals surface area contributed by atoms with Crippen molar-refractivity contribution in [2.75, 3.05) is 13.1 Å². The van der Waals surface area contributed by atoms with Crippen LogP contribution in [0.15, 0.2) is 12.3 Å². The minimum absolute atomic E-state index is 0.268. The fraction of sp³-hybridized carbons (Fsp3) is 0.500. The van der Waals surface area contributed by atoms with E-state index in [1.165, 1.54) is 5.56 Å². The van der Waals surface area contributed by atoms with Crippen LogP contribution in [-0.4, -0.2) is 23.3 Å². The third kappa shape index (κ3) is 1.19. The monoisotopic (exact) mass is 164 g/mol. The van der Waals surface area contributed by atoms with Crippen LogP contribution < -0.4 is 11.1 Å². The summed E-state index contributed by atoms with van der Waals surface area (Å²) in [5, 5.41) is 11.3. The Morgan fingerprint density at radius 3 is 3.42 bits per heavy atom. The molecule has 0 saturated carbocycles. The zero-order valence-corrected chi connectivity index (χ0v) is 6.83. The summed E-state index contributed by atoms with van der Waals surface area (Å²) in [7, 11) is 0. The van der Waals surface area contributed by atoms with E-state index >= 15 is 0 Å². The van der Waals surface area contributed by atoms with Crippen LogP contribution in [0, 0.1) is 0 Å². The van der Waals surface area contributed by atoms with E-state index in [0.717, 1.165) is 18.7 Å². The Labute approximate surface area is 71.2 Å². The highest BCUT2D eigenvalue weighted by Crippen LogP contribution is 2.18. The maximum Gasteiger partial charge on any atom is 0.0691 e. The molecule has 0 aromatic carbocycles. The van der Waals surface area contributed by atoms with Gasteiger partial charge in [-0.15, -0.1) is 0 Å². The van der Waals surface area contributed by atoms with Crippen LogP contribution in [0.2, 0.25) is 0 Å². The average molecular weight is 164 g/mol. The van der Waals surface area contributed by atoms with E-state index < -0.39 is 0 Å². The molecule has 0 spiro atoms. The first-order valence-corrected chi connectivity index (χ1v) is 4.15. The summed E-state index contributed by atoms with van der Waals surface area (Å²) in [5.41, 5.74) is 7.90. The van der Waals surface area contributed by atoms with Crippen molar-refractivity contribution in [2.24, 2.45) is 5.73 Å². The van der Waals surface area contributed by atoms with Gasteiger partial charge in [0, 0.05) is 31.7 Å². The Morgan fingerprint density at radius 2 is 2.58 bits per heavy atom. The van der Waals surface area contributed by atoms with Gasteiger partial charge in [0.05, 0.1) is 5.69 Å². The first-order valence-electron chi connectivity index (χ1n) is 4.15. The molecule has 0 amide bonds. The number of nitrogens with two attached hydrogens (primary N) is 1. The molecule has 3 N–H and O–H groups in total. The lowest BCUT2D eigenvalue weighted by atomic mass is 10.0. The van der Waals surface area contributed by atoms with Crippen LogP contribution in [0.5, 0.6) is 0 Å². The molecule has 1 aliphatic heterocycles. The lowest BCUT2D eigenvalue weighted by Gasteiger charge is -2.23. The van der Waals surface area contributed by atoms with Gasteiger partial charge in [-0.1, -0.05) is 0 Å². The molecule has 0 aliphatic carbocycles. The first kappa shape index (κ1) is 7.64. The fourth-order valence-electron chi connectivity index (χ4n) is 1.57. The van der Waals surface area contributed by atoms with Gasteiger partial charge in [0.2, 0.25) is 0 Å². The third-order valence-corrected chi connectivity index (χ3v) is 2.20. The van der Waals surface area contributed by atoms with Gasteiger partial charge in [-0.25, -0.2) is 0 Å². The molecule has 0 saturated heterocycles. The number of nitrogens with one attached hydrogen (secondary N) is 1. The number of fused-ring (bicyclic) bond motifs is 1. The van der Waals surface area contributed by atoms with Gasteiger partial charge in [-0.05, 0) is 11.6 Å². The van der Waals surface area contributed by atoms with E-state index in [0.29, 0.717) is 6.54 Å². The minimum atomic E-state index is 0.268. The SMILES string of the molecule is NCC1NCCc2nnccc21. The Hall–Kier alpha value is -1.00. The maximum absolute atomic E-state index is 5.61. The summed E-state index contributed by atoms with van der Waals surface area (Å²) in [6.45, 7) is 1.58. The van der Waals surface area contributed by atoms with Gasteiger partial charge in [-0.3, -0.25) is 0 Å². The average Bonchev–Trinajstić information content (AvgIpc) is 2.17. The molecule has 1 aliphatic rings. The normalized spacial score (nSPS) is 21.9. The predicted octanol–water partition coefficient (Wildman–Crippen LogP) is -0.378. The number of hydrogen-bond acceptors (Lipinski definition) is 4. The molecule has 1 aromatic rings. The van der Waals surface area contributed by atoms with E-state index in [4.69, 9.17) is 5.73 Å². The lowest BCUT2D eigenvalue weighted by molar-refractivity contribution is 0.501. The van der Waals surface area contributed by atoms with Crippen molar-refractivity contribution in [3.05, 3.63) is 23.5 Å². The summed E-state index contributed by atoms with van der Waals surface area (Å²) in [5.74, 6) is 0. The van der Waals surface area contributed by atoms with Gasteiger partial charge >= 0.3 is 0 Å². The molecule has 1 aromatic heterocycles. The van der Waals surface area contributed by atoms with Crippen molar-refractivity contribution in [1.29, 1.82) is 0 Å². The molecule has 0 bridgehead atoms. The highest BCUT2D eigenvalue weighted by atomic mass is 15.1. The van der Waals surface area contributed by atoms with Crippen LogP contribution in [-0.2, 0) is 6.42 Å². The van der Waals surface area contributed by atoms with Crippen molar-refractivity contribution in [3.63, 3.8) is 0 Å². The summed E-state index contributed by atoms with van der Waals surface area (Å²) < 4.78 is 0. The zero-order chi connectivity index (χ0) is 8.39. The summed E-state index contributed by atoms with van der Waals surface area (Å²) in [6.07, 6.45) is 2.67. The molecule has 0 radical (unpaired) electrons. The molecular formula is C8H12N4. The van der Waals surface area contributed by atoms with Gasteiger partial charge < -0.3 is 11.1 Å². The van der Waals surface area contributed by atoms with Crippen molar-refractivity contribution < 1.29 is 0 Å². The van der Waals surface area contributed by atoms with Crippen molar-refractivity contribution in [2.45, 2.75) is 12.5 Å². The fourth-order valence-corrected chi connectivity index (χ4v) is 1.57. The second-order valence-electron chi connectivity index (χ2n) is 2.93. The second kappa shape index (κ2) is 3.16. The third-order valence-electron chi connectivity index (χ3n) is 2.20.